The van der Waals surface area contributed by atoms with E-state index < -0.39 is 0 Å². The van der Waals surface area contributed by atoms with E-state index in [1.807, 2.05) is 36.4 Å². The van der Waals surface area contributed by atoms with Gasteiger partial charge in [-0.3, -0.25) is 0 Å². The summed E-state index contributed by atoms with van der Waals surface area (Å²) in [5, 5.41) is 0. The summed E-state index contributed by atoms with van der Waals surface area (Å²) in [5.41, 5.74) is 6.27. The Hall–Kier alpha value is -2.87. The Balaban J connectivity index is 1.90. The largest absolute Gasteiger partial charge is 0.436 e. The lowest BCUT2D eigenvalue weighted by Gasteiger charge is -2.07. The number of benzene rings is 3. The Morgan fingerprint density at radius 2 is 1.41 bits per heavy atom. The lowest BCUT2D eigenvalue weighted by Crippen LogP contribution is -1.85. The maximum absolute atomic E-state index is 5.93. The SMILES string of the molecule is Cc1ccc(-c2ccccc2-c2nc3ccccc3o2)cc1. The van der Waals surface area contributed by atoms with E-state index in [2.05, 4.69) is 48.3 Å². The molecule has 0 amide bonds. The molecule has 0 saturated carbocycles. The fraction of sp³-hybridized carbons (Fsp3) is 0.0500. The average Bonchev–Trinajstić information content (AvgIpc) is 2.99. The summed E-state index contributed by atoms with van der Waals surface area (Å²) < 4.78 is 5.93. The number of aryl methyl sites for hydroxylation is 1. The van der Waals surface area contributed by atoms with Gasteiger partial charge < -0.3 is 4.42 Å². The molecular formula is C20H15NO. The highest BCUT2D eigenvalue weighted by Crippen LogP contribution is 2.33. The van der Waals surface area contributed by atoms with Gasteiger partial charge in [-0.15, -0.1) is 0 Å². The molecular weight excluding hydrogens is 270 g/mol. The number of oxazole rings is 1. The second kappa shape index (κ2) is 5.15. The highest BCUT2D eigenvalue weighted by atomic mass is 16.3. The maximum atomic E-state index is 5.93. The molecule has 0 radical (unpaired) electrons. The summed E-state index contributed by atoms with van der Waals surface area (Å²) in [5.74, 6) is 0.664. The molecule has 0 bridgehead atoms. The van der Waals surface area contributed by atoms with Crippen molar-refractivity contribution in [2.24, 2.45) is 0 Å². The van der Waals surface area contributed by atoms with Crippen molar-refractivity contribution in [3.05, 3.63) is 78.4 Å². The fourth-order valence-electron chi connectivity index (χ4n) is 2.64. The molecule has 0 saturated heterocycles. The second-order valence-electron chi connectivity index (χ2n) is 5.40. The molecule has 2 heteroatoms. The normalized spacial score (nSPS) is 11.0. The van der Waals surface area contributed by atoms with Crippen LogP contribution in [-0.2, 0) is 0 Å². The third kappa shape index (κ3) is 2.19. The molecule has 0 spiro atoms. The summed E-state index contributed by atoms with van der Waals surface area (Å²) in [7, 11) is 0. The van der Waals surface area contributed by atoms with Gasteiger partial charge in [-0.05, 0) is 36.2 Å². The van der Waals surface area contributed by atoms with Gasteiger partial charge in [0.1, 0.15) is 5.52 Å². The Morgan fingerprint density at radius 1 is 0.727 bits per heavy atom. The van der Waals surface area contributed by atoms with Crippen molar-refractivity contribution in [1.29, 1.82) is 0 Å². The molecule has 1 aromatic heterocycles. The van der Waals surface area contributed by atoms with Crippen LogP contribution in [-0.4, -0.2) is 4.98 Å². The topological polar surface area (TPSA) is 26.0 Å². The van der Waals surface area contributed by atoms with Crippen molar-refractivity contribution in [3.8, 4) is 22.6 Å². The summed E-state index contributed by atoms with van der Waals surface area (Å²) in [6.45, 7) is 2.09. The fourth-order valence-corrected chi connectivity index (χ4v) is 2.64. The summed E-state index contributed by atoms with van der Waals surface area (Å²) >= 11 is 0. The molecule has 2 nitrogen and oxygen atoms in total. The van der Waals surface area contributed by atoms with Crippen molar-refractivity contribution in [3.63, 3.8) is 0 Å². The number of hydrogen-bond acceptors (Lipinski definition) is 2. The van der Waals surface area contributed by atoms with E-state index in [9.17, 15) is 0 Å². The molecule has 0 N–H and O–H groups in total. The van der Waals surface area contributed by atoms with Gasteiger partial charge in [-0.1, -0.05) is 60.2 Å². The highest BCUT2D eigenvalue weighted by molar-refractivity contribution is 5.83. The molecule has 0 unspecified atom stereocenters. The van der Waals surface area contributed by atoms with Crippen LogP contribution >= 0.6 is 0 Å². The number of para-hydroxylation sites is 2. The number of fused-ring (bicyclic) bond motifs is 1. The quantitative estimate of drug-likeness (QED) is 0.488. The first-order chi connectivity index (χ1) is 10.8. The van der Waals surface area contributed by atoms with Crippen LogP contribution in [0.2, 0.25) is 0 Å². The zero-order valence-corrected chi connectivity index (χ0v) is 12.3. The molecule has 4 aromatic rings. The average molecular weight is 285 g/mol. The predicted molar refractivity (Wildman–Crippen MR) is 89.6 cm³/mol. The Labute approximate surface area is 129 Å². The minimum absolute atomic E-state index is 0.664. The lowest BCUT2D eigenvalue weighted by molar-refractivity contribution is 0.620. The lowest BCUT2D eigenvalue weighted by atomic mass is 9.99. The van der Waals surface area contributed by atoms with Gasteiger partial charge in [-0.2, -0.15) is 0 Å². The first-order valence-corrected chi connectivity index (χ1v) is 7.33. The monoisotopic (exact) mass is 285 g/mol. The van der Waals surface area contributed by atoms with Gasteiger partial charge in [-0.25, -0.2) is 4.98 Å². The van der Waals surface area contributed by atoms with Gasteiger partial charge >= 0.3 is 0 Å². The minimum Gasteiger partial charge on any atom is -0.436 e. The van der Waals surface area contributed by atoms with Crippen LogP contribution in [0.15, 0.2) is 77.2 Å². The Morgan fingerprint density at radius 3 is 2.18 bits per heavy atom. The standard InChI is InChI=1S/C20H15NO/c1-14-10-12-15(13-11-14)16-6-2-3-7-17(16)20-21-18-8-4-5-9-19(18)22-20/h2-13H,1H3. The van der Waals surface area contributed by atoms with E-state index in [4.69, 9.17) is 4.42 Å². The van der Waals surface area contributed by atoms with Crippen molar-refractivity contribution < 1.29 is 4.42 Å². The van der Waals surface area contributed by atoms with E-state index in [-0.39, 0.29) is 0 Å². The van der Waals surface area contributed by atoms with Crippen LogP contribution < -0.4 is 0 Å². The van der Waals surface area contributed by atoms with E-state index in [1.165, 1.54) is 11.1 Å². The van der Waals surface area contributed by atoms with Crippen molar-refractivity contribution in [2.45, 2.75) is 6.92 Å². The minimum atomic E-state index is 0.664. The number of nitrogens with zero attached hydrogens (tertiary/aromatic N) is 1. The van der Waals surface area contributed by atoms with Crippen LogP contribution in [0.3, 0.4) is 0 Å². The van der Waals surface area contributed by atoms with Crippen molar-refractivity contribution in [1.82, 2.24) is 4.98 Å². The molecule has 4 rings (SSSR count). The third-order valence-corrected chi connectivity index (χ3v) is 3.81. The van der Waals surface area contributed by atoms with Crippen LogP contribution in [0.5, 0.6) is 0 Å². The Kier molecular flexibility index (Phi) is 3.01. The summed E-state index contributed by atoms with van der Waals surface area (Å²) in [6, 6.07) is 24.6. The second-order valence-corrected chi connectivity index (χ2v) is 5.40. The van der Waals surface area contributed by atoms with Gasteiger partial charge in [0.15, 0.2) is 5.58 Å². The number of rotatable bonds is 2. The molecule has 0 fully saturated rings. The maximum Gasteiger partial charge on any atom is 0.227 e. The first kappa shape index (κ1) is 12.8. The number of hydrogen-bond donors (Lipinski definition) is 0. The molecule has 22 heavy (non-hydrogen) atoms. The summed E-state index contributed by atoms with van der Waals surface area (Å²) in [6.07, 6.45) is 0. The molecule has 0 aliphatic rings. The van der Waals surface area contributed by atoms with Crippen molar-refractivity contribution >= 4 is 11.1 Å². The smallest absolute Gasteiger partial charge is 0.227 e. The molecule has 0 aliphatic carbocycles. The molecule has 0 atom stereocenters. The number of aromatic nitrogens is 1. The van der Waals surface area contributed by atoms with Gasteiger partial charge in [0, 0.05) is 5.56 Å². The van der Waals surface area contributed by atoms with Crippen LogP contribution in [0.1, 0.15) is 5.56 Å². The third-order valence-electron chi connectivity index (χ3n) is 3.81. The van der Waals surface area contributed by atoms with E-state index in [0.717, 1.165) is 22.2 Å². The van der Waals surface area contributed by atoms with Crippen LogP contribution in [0.4, 0.5) is 0 Å². The first-order valence-electron chi connectivity index (χ1n) is 7.33. The highest BCUT2D eigenvalue weighted by Gasteiger charge is 2.12. The van der Waals surface area contributed by atoms with Crippen molar-refractivity contribution in [2.75, 3.05) is 0 Å². The molecule has 106 valence electrons. The zero-order chi connectivity index (χ0) is 14.9. The molecule has 0 aliphatic heterocycles. The van der Waals surface area contributed by atoms with Gasteiger partial charge in [0.25, 0.3) is 0 Å². The molecule has 3 aromatic carbocycles. The van der Waals surface area contributed by atoms with Crippen LogP contribution in [0, 0.1) is 6.92 Å². The predicted octanol–water partition coefficient (Wildman–Crippen LogP) is 5.47. The van der Waals surface area contributed by atoms with Gasteiger partial charge in [0.2, 0.25) is 5.89 Å². The van der Waals surface area contributed by atoms with E-state index in [1.54, 1.807) is 0 Å². The molecule has 1 heterocycles. The van der Waals surface area contributed by atoms with Crippen LogP contribution in [0.25, 0.3) is 33.7 Å². The van der Waals surface area contributed by atoms with E-state index in [0.29, 0.717) is 5.89 Å². The zero-order valence-electron chi connectivity index (χ0n) is 12.3. The van der Waals surface area contributed by atoms with Gasteiger partial charge in [0.05, 0.1) is 0 Å². The Bertz CT molecular complexity index is 902. The summed E-state index contributed by atoms with van der Waals surface area (Å²) in [4.78, 5) is 4.62. The van der Waals surface area contributed by atoms with E-state index >= 15 is 0 Å².